The van der Waals surface area contributed by atoms with Crippen molar-refractivity contribution in [2.75, 3.05) is 13.1 Å². The molecule has 1 aromatic carbocycles. The third-order valence-corrected chi connectivity index (χ3v) is 4.72. The lowest BCUT2D eigenvalue weighted by Crippen LogP contribution is -2.51. The van der Waals surface area contributed by atoms with Gasteiger partial charge in [0.05, 0.1) is 17.3 Å². The summed E-state index contributed by atoms with van der Waals surface area (Å²) in [5.74, 6) is 0. The van der Waals surface area contributed by atoms with Gasteiger partial charge in [-0.3, -0.25) is 0 Å². The lowest BCUT2D eigenvalue weighted by molar-refractivity contribution is 0.00986. The van der Waals surface area contributed by atoms with E-state index in [0.29, 0.717) is 13.1 Å². The highest BCUT2D eigenvalue weighted by atomic mass is 16.3. The predicted molar refractivity (Wildman–Crippen MR) is 96.7 cm³/mol. The van der Waals surface area contributed by atoms with Gasteiger partial charge in [-0.2, -0.15) is 5.10 Å². The van der Waals surface area contributed by atoms with Crippen molar-refractivity contribution in [3.63, 3.8) is 0 Å². The van der Waals surface area contributed by atoms with Crippen LogP contribution in [0.25, 0.3) is 5.69 Å². The summed E-state index contributed by atoms with van der Waals surface area (Å²) in [6.07, 6.45) is 6.22. The number of hydrogen-bond donors (Lipinski definition) is 2. The number of amides is 2. The summed E-state index contributed by atoms with van der Waals surface area (Å²) in [5.41, 5.74) is 1.32. The molecule has 1 aliphatic heterocycles. The molecule has 1 atom stereocenters. The van der Waals surface area contributed by atoms with E-state index in [9.17, 15) is 9.90 Å². The lowest BCUT2D eigenvalue weighted by atomic mass is 9.97. The van der Waals surface area contributed by atoms with E-state index >= 15 is 0 Å². The molecule has 0 saturated carbocycles. The van der Waals surface area contributed by atoms with Crippen molar-refractivity contribution in [2.45, 2.75) is 44.8 Å². The molecule has 0 spiro atoms. The van der Waals surface area contributed by atoms with Crippen LogP contribution in [-0.2, 0) is 6.42 Å². The summed E-state index contributed by atoms with van der Waals surface area (Å²) in [7, 11) is 0. The number of carbonyl (C=O) groups is 1. The molecule has 2 heterocycles. The van der Waals surface area contributed by atoms with E-state index in [1.165, 1.54) is 0 Å². The minimum atomic E-state index is -0.865. The topological polar surface area (TPSA) is 70.4 Å². The van der Waals surface area contributed by atoms with E-state index in [1.54, 1.807) is 24.9 Å². The number of urea groups is 1. The second-order valence-corrected chi connectivity index (χ2v) is 7.10. The Kier molecular flexibility index (Phi) is 5.08. The van der Waals surface area contributed by atoms with Crippen LogP contribution in [0.1, 0.15) is 32.3 Å². The molecular weight excluding hydrogens is 316 g/mol. The summed E-state index contributed by atoms with van der Waals surface area (Å²) in [6, 6.07) is 9.85. The molecule has 134 valence electrons. The number of aliphatic hydroxyl groups is 1. The van der Waals surface area contributed by atoms with E-state index in [0.717, 1.165) is 30.5 Å². The maximum Gasteiger partial charge on any atom is 0.317 e. The fraction of sp³-hybridized carbons (Fsp3) is 0.474. The zero-order valence-corrected chi connectivity index (χ0v) is 14.9. The largest absolute Gasteiger partial charge is 0.388 e. The van der Waals surface area contributed by atoms with Gasteiger partial charge in [-0.1, -0.05) is 12.1 Å². The van der Waals surface area contributed by atoms with Crippen LogP contribution in [0.2, 0.25) is 0 Å². The second-order valence-electron chi connectivity index (χ2n) is 7.10. The van der Waals surface area contributed by atoms with Crippen LogP contribution >= 0.6 is 0 Å². The number of rotatable bonds is 5. The van der Waals surface area contributed by atoms with E-state index in [2.05, 4.69) is 22.5 Å². The molecule has 2 aromatic rings. The number of benzene rings is 1. The van der Waals surface area contributed by atoms with Crippen molar-refractivity contribution in [3.8, 4) is 5.69 Å². The van der Waals surface area contributed by atoms with Crippen molar-refractivity contribution in [3.05, 3.63) is 48.3 Å². The van der Waals surface area contributed by atoms with Gasteiger partial charge < -0.3 is 15.3 Å². The number of nitrogens with zero attached hydrogens (tertiary/aromatic N) is 3. The SMILES string of the molecule is CC(C)(O)[C@@H]1CCCN1C(=O)NCCc1ccc(-n2cccn2)cc1. The standard InChI is InChI=1S/C19H26N4O2/c1-19(2,25)17-5-3-13-22(17)18(24)20-12-10-15-6-8-16(9-7-15)23-14-4-11-21-23/h4,6-9,11,14,17,25H,3,5,10,12-13H2,1-2H3,(H,20,24)/t17-/m0/s1. The van der Waals surface area contributed by atoms with Gasteiger partial charge in [0.15, 0.2) is 0 Å². The van der Waals surface area contributed by atoms with Crippen LogP contribution in [0.4, 0.5) is 4.79 Å². The smallest absolute Gasteiger partial charge is 0.317 e. The van der Waals surface area contributed by atoms with Gasteiger partial charge in [-0.25, -0.2) is 9.48 Å². The number of aromatic nitrogens is 2. The average molecular weight is 342 g/mol. The number of likely N-dealkylation sites (tertiary alicyclic amines) is 1. The molecule has 1 fully saturated rings. The first-order valence-corrected chi connectivity index (χ1v) is 8.81. The molecule has 2 amide bonds. The first-order valence-electron chi connectivity index (χ1n) is 8.81. The highest BCUT2D eigenvalue weighted by molar-refractivity contribution is 5.75. The number of nitrogens with one attached hydrogen (secondary N) is 1. The van der Waals surface area contributed by atoms with E-state index in [1.807, 2.05) is 29.1 Å². The van der Waals surface area contributed by atoms with Gasteiger partial charge in [-0.15, -0.1) is 0 Å². The summed E-state index contributed by atoms with van der Waals surface area (Å²) in [4.78, 5) is 14.2. The molecule has 1 aromatic heterocycles. The van der Waals surface area contributed by atoms with Crippen LogP contribution in [0.15, 0.2) is 42.7 Å². The first kappa shape index (κ1) is 17.5. The summed E-state index contributed by atoms with van der Waals surface area (Å²) in [5, 5.41) is 17.4. The molecule has 6 nitrogen and oxygen atoms in total. The van der Waals surface area contributed by atoms with E-state index < -0.39 is 5.60 Å². The third-order valence-electron chi connectivity index (χ3n) is 4.72. The van der Waals surface area contributed by atoms with Crippen molar-refractivity contribution >= 4 is 6.03 Å². The van der Waals surface area contributed by atoms with Crippen LogP contribution < -0.4 is 5.32 Å². The van der Waals surface area contributed by atoms with Crippen molar-refractivity contribution in [1.82, 2.24) is 20.0 Å². The van der Waals surface area contributed by atoms with Gasteiger partial charge >= 0.3 is 6.03 Å². The molecule has 0 unspecified atom stereocenters. The Morgan fingerprint density at radius 3 is 2.76 bits per heavy atom. The molecule has 0 radical (unpaired) electrons. The molecule has 2 N–H and O–H groups in total. The van der Waals surface area contributed by atoms with Gasteiger partial charge in [0.25, 0.3) is 0 Å². The molecule has 0 aliphatic carbocycles. The Balaban J connectivity index is 1.50. The number of hydrogen-bond acceptors (Lipinski definition) is 3. The predicted octanol–water partition coefficient (Wildman–Crippen LogP) is 2.36. The van der Waals surface area contributed by atoms with Gasteiger partial charge in [0.2, 0.25) is 0 Å². The monoisotopic (exact) mass is 342 g/mol. The quantitative estimate of drug-likeness (QED) is 0.876. The number of carbonyl (C=O) groups excluding carboxylic acids is 1. The molecular formula is C19H26N4O2. The third kappa shape index (κ3) is 4.20. The van der Waals surface area contributed by atoms with Gasteiger partial charge in [0, 0.05) is 25.5 Å². The average Bonchev–Trinajstić information content (AvgIpc) is 3.26. The fourth-order valence-corrected chi connectivity index (χ4v) is 3.40. The Hall–Kier alpha value is -2.34. The maximum absolute atomic E-state index is 12.4. The molecule has 1 aliphatic rings. The Bertz CT molecular complexity index is 689. The highest BCUT2D eigenvalue weighted by Crippen LogP contribution is 2.26. The molecule has 6 heteroatoms. The summed E-state index contributed by atoms with van der Waals surface area (Å²) >= 11 is 0. The van der Waals surface area contributed by atoms with E-state index in [4.69, 9.17) is 0 Å². The van der Waals surface area contributed by atoms with E-state index in [-0.39, 0.29) is 12.1 Å². The molecule has 3 rings (SSSR count). The maximum atomic E-state index is 12.4. The Morgan fingerprint density at radius 1 is 1.36 bits per heavy atom. The van der Waals surface area contributed by atoms with Gasteiger partial charge in [-0.05, 0) is 56.9 Å². The zero-order valence-electron chi connectivity index (χ0n) is 14.9. The van der Waals surface area contributed by atoms with Crippen molar-refractivity contribution in [2.24, 2.45) is 0 Å². The van der Waals surface area contributed by atoms with Crippen molar-refractivity contribution in [1.29, 1.82) is 0 Å². The lowest BCUT2D eigenvalue weighted by Gasteiger charge is -2.33. The van der Waals surface area contributed by atoms with Gasteiger partial charge in [0.1, 0.15) is 0 Å². The van der Waals surface area contributed by atoms with Crippen LogP contribution in [-0.4, -0.2) is 50.6 Å². The molecule has 25 heavy (non-hydrogen) atoms. The zero-order chi connectivity index (χ0) is 17.9. The Morgan fingerprint density at radius 2 is 2.12 bits per heavy atom. The molecule has 0 bridgehead atoms. The normalized spacial score (nSPS) is 17.7. The minimum Gasteiger partial charge on any atom is -0.388 e. The minimum absolute atomic E-state index is 0.0854. The summed E-state index contributed by atoms with van der Waals surface area (Å²) < 4.78 is 1.82. The fourth-order valence-electron chi connectivity index (χ4n) is 3.40. The Labute approximate surface area is 148 Å². The molecule has 1 saturated heterocycles. The highest BCUT2D eigenvalue weighted by Gasteiger charge is 2.38. The van der Waals surface area contributed by atoms with Crippen LogP contribution in [0.5, 0.6) is 0 Å². The van der Waals surface area contributed by atoms with Crippen molar-refractivity contribution < 1.29 is 9.90 Å². The van der Waals surface area contributed by atoms with Crippen LogP contribution in [0.3, 0.4) is 0 Å². The first-order chi connectivity index (χ1) is 11.9. The van der Waals surface area contributed by atoms with Crippen LogP contribution in [0, 0.1) is 0 Å². The summed E-state index contributed by atoms with van der Waals surface area (Å²) in [6.45, 7) is 4.82. The second kappa shape index (κ2) is 7.27.